The molecule has 4 heteroatoms. The van der Waals surface area contributed by atoms with Crippen molar-refractivity contribution in [3.05, 3.63) is 0 Å². The quantitative estimate of drug-likeness (QED) is 0.826. The third-order valence-electron chi connectivity index (χ3n) is 4.21. The lowest BCUT2D eigenvalue weighted by Crippen LogP contribution is -2.39. The number of rotatable bonds is 5. The highest BCUT2D eigenvalue weighted by molar-refractivity contribution is 5.77. The number of carbonyl (C=O) groups excluding carboxylic acids is 1. The summed E-state index contributed by atoms with van der Waals surface area (Å²) in [5, 5.41) is 3.06. The summed E-state index contributed by atoms with van der Waals surface area (Å²) in [6.07, 6.45) is 8.70. The van der Waals surface area contributed by atoms with Gasteiger partial charge in [0.2, 0.25) is 5.91 Å². The first-order valence-electron chi connectivity index (χ1n) is 7.91. The minimum Gasteiger partial charge on any atom is -0.381 e. The molecule has 0 bridgehead atoms. The van der Waals surface area contributed by atoms with Crippen LogP contribution in [0, 0.1) is 5.92 Å². The maximum atomic E-state index is 11.9. The summed E-state index contributed by atoms with van der Waals surface area (Å²) in [6.45, 7) is 5.34. The van der Waals surface area contributed by atoms with Crippen molar-refractivity contribution in [2.45, 2.75) is 44.9 Å². The van der Waals surface area contributed by atoms with Gasteiger partial charge in [-0.2, -0.15) is 0 Å². The fourth-order valence-corrected chi connectivity index (χ4v) is 2.96. The molecular weight excluding hydrogens is 240 g/mol. The van der Waals surface area contributed by atoms with Gasteiger partial charge >= 0.3 is 0 Å². The van der Waals surface area contributed by atoms with Crippen molar-refractivity contribution in [3.8, 4) is 0 Å². The molecule has 0 saturated carbocycles. The number of ether oxygens (including phenoxy) is 1. The van der Waals surface area contributed by atoms with Crippen molar-refractivity contribution >= 4 is 5.91 Å². The molecule has 0 aliphatic carbocycles. The highest BCUT2D eigenvalue weighted by Gasteiger charge is 2.16. The van der Waals surface area contributed by atoms with Crippen LogP contribution in [0.3, 0.4) is 0 Å². The van der Waals surface area contributed by atoms with Gasteiger partial charge in [-0.05, 0) is 44.7 Å². The largest absolute Gasteiger partial charge is 0.381 e. The predicted octanol–water partition coefficient (Wildman–Crippen LogP) is 1.80. The molecule has 0 unspecified atom stereocenters. The van der Waals surface area contributed by atoms with Crippen molar-refractivity contribution in [2.24, 2.45) is 5.92 Å². The van der Waals surface area contributed by atoms with Gasteiger partial charge < -0.3 is 10.1 Å². The Morgan fingerprint density at radius 1 is 1.16 bits per heavy atom. The molecule has 2 rings (SSSR count). The Morgan fingerprint density at radius 2 is 1.89 bits per heavy atom. The molecule has 0 aromatic rings. The van der Waals surface area contributed by atoms with E-state index in [-0.39, 0.29) is 5.91 Å². The lowest BCUT2D eigenvalue weighted by atomic mass is 10.1. The summed E-state index contributed by atoms with van der Waals surface area (Å²) in [5.41, 5.74) is 0. The lowest BCUT2D eigenvalue weighted by molar-refractivity contribution is -0.122. The molecule has 110 valence electrons. The molecule has 1 N–H and O–H groups in total. The first-order chi connectivity index (χ1) is 9.34. The van der Waals surface area contributed by atoms with Crippen molar-refractivity contribution in [2.75, 3.05) is 39.4 Å². The number of hydrogen-bond donors (Lipinski definition) is 1. The molecule has 0 radical (unpaired) electrons. The molecule has 1 atom stereocenters. The zero-order chi connectivity index (χ0) is 13.3. The molecule has 4 nitrogen and oxygen atoms in total. The standard InChI is InChI=1S/C15H28N2O2/c18-15(16-8-6-14-7-11-19-13-14)12-17-9-4-2-1-3-5-10-17/h14H,1-13H2,(H,16,18)/t14-/m1/s1. The maximum Gasteiger partial charge on any atom is 0.234 e. The van der Waals surface area contributed by atoms with E-state index in [1.165, 1.54) is 32.1 Å². The van der Waals surface area contributed by atoms with E-state index in [0.717, 1.165) is 45.7 Å². The Morgan fingerprint density at radius 3 is 2.58 bits per heavy atom. The Hall–Kier alpha value is -0.610. The number of nitrogens with one attached hydrogen (secondary N) is 1. The van der Waals surface area contributed by atoms with Crippen LogP contribution >= 0.6 is 0 Å². The molecule has 0 aromatic carbocycles. The van der Waals surface area contributed by atoms with Crippen LogP contribution in [-0.2, 0) is 9.53 Å². The predicted molar refractivity (Wildman–Crippen MR) is 76.1 cm³/mol. The van der Waals surface area contributed by atoms with Gasteiger partial charge in [0.15, 0.2) is 0 Å². The molecule has 2 aliphatic heterocycles. The zero-order valence-electron chi connectivity index (χ0n) is 12.0. The lowest BCUT2D eigenvalue weighted by Gasteiger charge is -2.23. The second-order valence-electron chi connectivity index (χ2n) is 5.91. The molecule has 0 aromatic heterocycles. The van der Waals surface area contributed by atoms with Crippen LogP contribution < -0.4 is 5.32 Å². The van der Waals surface area contributed by atoms with Gasteiger partial charge in [0.05, 0.1) is 6.54 Å². The second kappa shape index (κ2) is 8.54. The minimum absolute atomic E-state index is 0.194. The van der Waals surface area contributed by atoms with Crippen LogP contribution in [0.25, 0.3) is 0 Å². The molecular formula is C15H28N2O2. The van der Waals surface area contributed by atoms with E-state index in [4.69, 9.17) is 4.74 Å². The Balaban J connectivity index is 1.56. The van der Waals surface area contributed by atoms with E-state index in [1.54, 1.807) is 0 Å². The number of nitrogens with zero attached hydrogens (tertiary/aromatic N) is 1. The first kappa shape index (κ1) is 14.8. The van der Waals surface area contributed by atoms with Crippen LogP contribution in [-0.4, -0.2) is 50.2 Å². The van der Waals surface area contributed by atoms with Gasteiger partial charge in [-0.25, -0.2) is 0 Å². The van der Waals surface area contributed by atoms with Crippen LogP contribution in [0.4, 0.5) is 0 Å². The maximum absolute atomic E-state index is 11.9. The first-order valence-corrected chi connectivity index (χ1v) is 7.91. The summed E-state index contributed by atoms with van der Waals surface area (Å²) in [4.78, 5) is 14.2. The Kier molecular flexibility index (Phi) is 6.65. The third-order valence-corrected chi connectivity index (χ3v) is 4.21. The third kappa shape index (κ3) is 5.91. The summed E-state index contributed by atoms with van der Waals surface area (Å²) >= 11 is 0. The summed E-state index contributed by atoms with van der Waals surface area (Å²) in [5.74, 6) is 0.849. The molecule has 1 amide bonds. The van der Waals surface area contributed by atoms with Gasteiger partial charge in [0.1, 0.15) is 0 Å². The molecule has 2 saturated heterocycles. The second-order valence-corrected chi connectivity index (χ2v) is 5.91. The SMILES string of the molecule is O=C(CN1CCCCCCC1)NCC[C@@H]1CCOC1. The van der Waals surface area contributed by atoms with Gasteiger partial charge in [0.25, 0.3) is 0 Å². The fraction of sp³-hybridized carbons (Fsp3) is 0.933. The van der Waals surface area contributed by atoms with Gasteiger partial charge in [0, 0.05) is 19.8 Å². The van der Waals surface area contributed by atoms with Crippen molar-refractivity contribution < 1.29 is 9.53 Å². The summed E-state index contributed by atoms with van der Waals surface area (Å²) in [7, 11) is 0. The highest BCUT2D eigenvalue weighted by atomic mass is 16.5. The molecule has 0 spiro atoms. The average molecular weight is 268 g/mol. The number of amides is 1. The monoisotopic (exact) mass is 268 g/mol. The smallest absolute Gasteiger partial charge is 0.234 e. The van der Waals surface area contributed by atoms with Crippen molar-refractivity contribution in [1.29, 1.82) is 0 Å². The Labute approximate surface area is 116 Å². The van der Waals surface area contributed by atoms with E-state index in [1.807, 2.05) is 0 Å². The fourth-order valence-electron chi connectivity index (χ4n) is 2.96. The number of carbonyl (C=O) groups is 1. The average Bonchev–Trinajstić information content (AvgIpc) is 2.85. The molecule has 2 heterocycles. The molecule has 19 heavy (non-hydrogen) atoms. The van der Waals surface area contributed by atoms with Gasteiger partial charge in [-0.1, -0.05) is 19.3 Å². The van der Waals surface area contributed by atoms with Crippen LogP contribution in [0.5, 0.6) is 0 Å². The zero-order valence-corrected chi connectivity index (χ0v) is 12.0. The Bertz CT molecular complexity index is 257. The van der Waals surface area contributed by atoms with Crippen molar-refractivity contribution in [1.82, 2.24) is 10.2 Å². The highest BCUT2D eigenvalue weighted by Crippen LogP contribution is 2.15. The van der Waals surface area contributed by atoms with Crippen molar-refractivity contribution in [3.63, 3.8) is 0 Å². The van der Waals surface area contributed by atoms with Gasteiger partial charge in [-0.15, -0.1) is 0 Å². The normalized spacial score (nSPS) is 25.8. The number of hydrogen-bond acceptors (Lipinski definition) is 3. The van der Waals surface area contributed by atoms with E-state index in [2.05, 4.69) is 10.2 Å². The molecule has 2 fully saturated rings. The molecule has 2 aliphatic rings. The van der Waals surface area contributed by atoms with Crippen LogP contribution in [0.1, 0.15) is 44.9 Å². The van der Waals surface area contributed by atoms with Gasteiger partial charge in [-0.3, -0.25) is 9.69 Å². The number of likely N-dealkylation sites (tertiary alicyclic amines) is 1. The topological polar surface area (TPSA) is 41.6 Å². The van der Waals surface area contributed by atoms with Crippen LogP contribution in [0.2, 0.25) is 0 Å². The summed E-state index contributed by atoms with van der Waals surface area (Å²) in [6, 6.07) is 0. The van der Waals surface area contributed by atoms with E-state index >= 15 is 0 Å². The van der Waals surface area contributed by atoms with E-state index in [9.17, 15) is 4.79 Å². The van der Waals surface area contributed by atoms with E-state index < -0.39 is 0 Å². The minimum atomic E-state index is 0.194. The summed E-state index contributed by atoms with van der Waals surface area (Å²) < 4.78 is 5.34. The van der Waals surface area contributed by atoms with Crippen LogP contribution in [0.15, 0.2) is 0 Å². The van der Waals surface area contributed by atoms with E-state index in [0.29, 0.717) is 12.5 Å².